The molecule has 1 aliphatic heterocycles. The van der Waals surface area contributed by atoms with Gasteiger partial charge in [0.15, 0.2) is 11.3 Å². The normalized spacial score (nSPS) is 13.4. The molecule has 3 heterocycles. The van der Waals surface area contributed by atoms with E-state index in [9.17, 15) is 9.59 Å². The van der Waals surface area contributed by atoms with Crippen molar-refractivity contribution in [2.75, 3.05) is 11.9 Å². The number of oxazole rings is 1. The Balaban J connectivity index is 0.00000169. The van der Waals surface area contributed by atoms with E-state index in [4.69, 9.17) is 4.42 Å². The lowest BCUT2D eigenvalue weighted by Gasteiger charge is -2.12. The molecule has 8 nitrogen and oxygen atoms in total. The maximum absolute atomic E-state index is 12.5. The van der Waals surface area contributed by atoms with Crippen molar-refractivity contribution in [3.8, 4) is 0 Å². The number of fused-ring (bicyclic) bond motifs is 2. The van der Waals surface area contributed by atoms with E-state index >= 15 is 0 Å². The highest BCUT2D eigenvalue weighted by Gasteiger charge is 2.21. The van der Waals surface area contributed by atoms with Crippen molar-refractivity contribution in [1.29, 1.82) is 0 Å². The minimum Gasteiger partial charge on any atom is -0.408 e. The Labute approximate surface area is 142 Å². The molecule has 2 aromatic heterocycles. The van der Waals surface area contributed by atoms with Crippen molar-refractivity contribution in [3.05, 3.63) is 45.7 Å². The molecule has 3 aromatic rings. The topological polar surface area (TPSA) is 105 Å². The lowest BCUT2D eigenvalue weighted by molar-refractivity contribution is 0.102. The van der Waals surface area contributed by atoms with Crippen LogP contribution in [0.25, 0.3) is 11.1 Å². The number of amides is 1. The third-order valence-corrected chi connectivity index (χ3v) is 4.07. The average Bonchev–Trinajstić information content (AvgIpc) is 3.10. The summed E-state index contributed by atoms with van der Waals surface area (Å²) >= 11 is 0. The smallest absolute Gasteiger partial charge is 0.408 e. The Morgan fingerprint density at radius 3 is 3.08 bits per heavy atom. The van der Waals surface area contributed by atoms with Crippen LogP contribution in [0.2, 0.25) is 0 Å². The molecule has 0 spiro atoms. The van der Waals surface area contributed by atoms with Gasteiger partial charge in [-0.25, -0.2) is 4.79 Å². The molecule has 0 radical (unpaired) electrons. The Kier molecular flexibility index (Phi) is 4.16. The SMILES string of the molecule is Cl.Cn1c(=O)oc2ccc(NC(=O)c3n[nH]c4c3CNCC4)cc21. The quantitative estimate of drug-likeness (QED) is 0.644. The molecule has 24 heavy (non-hydrogen) atoms. The summed E-state index contributed by atoms with van der Waals surface area (Å²) in [5, 5.41) is 13.1. The van der Waals surface area contributed by atoms with Crippen LogP contribution < -0.4 is 16.4 Å². The largest absolute Gasteiger partial charge is 0.419 e. The van der Waals surface area contributed by atoms with Gasteiger partial charge in [-0.15, -0.1) is 12.4 Å². The minimum atomic E-state index is -0.434. The molecule has 9 heteroatoms. The number of H-pyrrole nitrogens is 1. The van der Waals surface area contributed by atoms with E-state index in [-0.39, 0.29) is 18.3 Å². The van der Waals surface area contributed by atoms with Crippen LogP contribution in [0, 0.1) is 0 Å². The molecule has 4 rings (SSSR count). The van der Waals surface area contributed by atoms with Gasteiger partial charge in [0.05, 0.1) is 5.52 Å². The van der Waals surface area contributed by atoms with Crippen LogP contribution in [0.15, 0.2) is 27.4 Å². The molecule has 126 valence electrons. The highest BCUT2D eigenvalue weighted by atomic mass is 35.5. The van der Waals surface area contributed by atoms with Gasteiger partial charge in [0.1, 0.15) is 0 Å². The Morgan fingerprint density at radius 2 is 2.25 bits per heavy atom. The Hall–Kier alpha value is -2.58. The molecule has 3 N–H and O–H groups in total. The van der Waals surface area contributed by atoms with Crippen LogP contribution in [-0.2, 0) is 20.0 Å². The number of hydrogen-bond acceptors (Lipinski definition) is 5. The van der Waals surface area contributed by atoms with Crippen molar-refractivity contribution in [2.45, 2.75) is 13.0 Å². The zero-order chi connectivity index (χ0) is 16.0. The molecule has 0 bridgehead atoms. The number of carbonyl (C=O) groups is 1. The predicted molar refractivity (Wildman–Crippen MR) is 90.7 cm³/mol. The number of carbonyl (C=O) groups excluding carboxylic acids is 1. The molecular formula is C15H16ClN5O3. The summed E-state index contributed by atoms with van der Waals surface area (Å²) in [6.07, 6.45) is 0.832. The number of aromatic nitrogens is 3. The summed E-state index contributed by atoms with van der Waals surface area (Å²) in [6.45, 7) is 1.51. The molecule has 0 saturated heterocycles. The summed E-state index contributed by atoms with van der Waals surface area (Å²) < 4.78 is 6.47. The third kappa shape index (κ3) is 2.59. The second-order valence-electron chi connectivity index (χ2n) is 5.52. The Morgan fingerprint density at radius 1 is 1.42 bits per heavy atom. The van der Waals surface area contributed by atoms with Crippen molar-refractivity contribution in [2.24, 2.45) is 7.05 Å². The van der Waals surface area contributed by atoms with Gasteiger partial charge < -0.3 is 15.1 Å². The van der Waals surface area contributed by atoms with Gasteiger partial charge in [0, 0.05) is 43.5 Å². The van der Waals surface area contributed by atoms with Crippen molar-refractivity contribution >= 4 is 35.1 Å². The van der Waals surface area contributed by atoms with E-state index in [0.717, 1.165) is 24.2 Å². The monoisotopic (exact) mass is 349 g/mol. The van der Waals surface area contributed by atoms with Crippen molar-refractivity contribution in [3.63, 3.8) is 0 Å². The molecule has 0 fully saturated rings. The maximum atomic E-state index is 12.5. The summed E-state index contributed by atoms with van der Waals surface area (Å²) in [4.78, 5) is 24.0. The molecule has 0 aliphatic carbocycles. The number of hydrogen-bond donors (Lipinski definition) is 3. The molecule has 0 unspecified atom stereocenters. The molecular weight excluding hydrogens is 334 g/mol. The van der Waals surface area contributed by atoms with E-state index in [0.29, 0.717) is 29.0 Å². The van der Waals surface area contributed by atoms with E-state index < -0.39 is 5.76 Å². The van der Waals surface area contributed by atoms with Crippen molar-refractivity contribution < 1.29 is 9.21 Å². The van der Waals surface area contributed by atoms with Crippen LogP contribution in [-0.4, -0.2) is 27.2 Å². The number of aromatic amines is 1. The Bertz CT molecular complexity index is 971. The molecule has 0 atom stereocenters. The van der Waals surface area contributed by atoms with Gasteiger partial charge in [-0.3, -0.25) is 14.5 Å². The molecule has 1 amide bonds. The summed E-state index contributed by atoms with van der Waals surface area (Å²) in [5.74, 6) is -0.713. The van der Waals surface area contributed by atoms with E-state index in [1.165, 1.54) is 4.57 Å². The van der Waals surface area contributed by atoms with Gasteiger partial charge in [-0.05, 0) is 18.2 Å². The molecule has 1 aliphatic rings. The number of halogens is 1. The average molecular weight is 350 g/mol. The first-order chi connectivity index (χ1) is 11.1. The first-order valence-corrected chi connectivity index (χ1v) is 7.31. The zero-order valence-corrected chi connectivity index (χ0v) is 13.7. The fourth-order valence-electron chi connectivity index (χ4n) is 2.81. The molecule has 0 saturated carbocycles. The number of anilines is 1. The van der Waals surface area contributed by atoms with Crippen LogP contribution >= 0.6 is 12.4 Å². The number of nitrogens with one attached hydrogen (secondary N) is 3. The van der Waals surface area contributed by atoms with E-state index in [2.05, 4.69) is 20.8 Å². The van der Waals surface area contributed by atoms with E-state index in [1.54, 1.807) is 25.2 Å². The van der Waals surface area contributed by atoms with Gasteiger partial charge >= 0.3 is 5.76 Å². The lowest BCUT2D eigenvalue weighted by Crippen LogP contribution is -2.25. The first-order valence-electron chi connectivity index (χ1n) is 7.31. The maximum Gasteiger partial charge on any atom is 0.419 e. The number of nitrogens with zero attached hydrogens (tertiary/aromatic N) is 2. The standard InChI is InChI=1S/C15H15N5O3.ClH/c1-20-11-6-8(2-3-12(11)23-15(20)22)17-14(21)13-9-7-16-5-4-10(9)18-19-13;/h2-3,6,16H,4-5,7H2,1H3,(H,17,21)(H,18,19);1H. The van der Waals surface area contributed by atoms with Gasteiger partial charge in [-0.2, -0.15) is 5.10 Å². The predicted octanol–water partition coefficient (Wildman–Crippen LogP) is 1.17. The number of rotatable bonds is 2. The lowest BCUT2D eigenvalue weighted by atomic mass is 10.1. The zero-order valence-electron chi connectivity index (χ0n) is 12.9. The fraction of sp³-hybridized carbons (Fsp3) is 0.267. The number of benzene rings is 1. The summed E-state index contributed by atoms with van der Waals surface area (Å²) in [6, 6.07) is 5.06. The first kappa shape index (κ1) is 16.3. The van der Waals surface area contributed by atoms with Crippen LogP contribution in [0.3, 0.4) is 0 Å². The second kappa shape index (κ2) is 6.14. The van der Waals surface area contributed by atoms with Crippen LogP contribution in [0.4, 0.5) is 5.69 Å². The fourth-order valence-corrected chi connectivity index (χ4v) is 2.81. The highest BCUT2D eigenvalue weighted by Crippen LogP contribution is 2.20. The van der Waals surface area contributed by atoms with Gasteiger partial charge in [0.2, 0.25) is 0 Å². The number of aryl methyl sites for hydroxylation is 1. The molecule has 1 aromatic carbocycles. The summed E-state index contributed by atoms with van der Waals surface area (Å²) in [5.41, 5.74) is 4.00. The van der Waals surface area contributed by atoms with Crippen LogP contribution in [0.5, 0.6) is 0 Å². The van der Waals surface area contributed by atoms with Crippen LogP contribution in [0.1, 0.15) is 21.7 Å². The van der Waals surface area contributed by atoms with E-state index in [1.807, 2.05) is 0 Å². The minimum absolute atomic E-state index is 0. The van der Waals surface area contributed by atoms with Gasteiger partial charge in [-0.1, -0.05) is 0 Å². The second-order valence-corrected chi connectivity index (χ2v) is 5.52. The van der Waals surface area contributed by atoms with Gasteiger partial charge in [0.25, 0.3) is 5.91 Å². The highest BCUT2D eigenvalue weighted by molar-refractivity contribution is 6.04. The third-order valence-electron chi connectivity index (χ3n) is 4.07. The summed E-state index contributed by atoms with van der Waals surface area (Å²) in [7, 11) is 1.62. The van der Waals surface area contributed by atoms with Crippen molar-refractivity contribution in [1.82, 2.24) is 20.1 Å².